The second kappa shape index (κ2) is 20.0. The largest absolute Gasteiger partial charge is 0.444 e. The van der Waals surface area contributed by atoms with Crippen LogP contribution in [0.25, 0.3) is 0 Å². The molecule has 0 bridgehead atoms. The number of aliphatic hydroxyl groups is 1. The third-order valence-electron chi connectivity index (χ3n) is 10.8. The van der Waals surface area contributed by atoms with Gasteiger partial charge in [0.25, 0.3) is 17.7 Å². The van der Waals surface area contributed by atoms with E-state index in [1.54, 1.807) is 50.0 Å². The van der Waals surface area contributed by atoms with Crippen molar-refractivity contribution in [2.75, 3.05) is 13.1 Å². The smallest absolute Gasteiger partial charge is 0.407 e. The molecular weight excluding hydrogens is 815 g/mol. The second-order valence-electron chi connectivity index (χ2n) is 16.9. The Morgan fingerprint density at radius 3 is 2.23 bits per heavy atom. The van der Waals surface area contributed by atoms with Gasteiger partial charge in [0.05, 0.1) is 21.9 Å². The van der Waals surface area contributed by atoms with Crippen molar-refractivity contribution in [2.45, 2.75) is 120 Å². The summed E-state index contributed by atoms with van der Waals surface area (Å²) >= 11 is 0. The fraction of sp³-hybridized carbons (Fsp3) is 0.444. The van der Waals surface area contributed by atoms with Crippen LogP contribution in [0.4, 0.5) is 4.79 Å². The fourth-order valence-corrected chi connectivity index (χ4v) is 9.39. The molecule has 5 rings (SSSR count). The number of nitrogens with one attached hydrogen (secondary N) is 3. The maximum absolute atomic E-state index is 15.0. The Morgan fingerprint density at radius 1 is 0.952 bits per heavy atom. The second-order valence-corrected chi connectivity index (χ2v) is 18.8. The summed E-state index contributed by atoms with van der Waals surface area (Å²) in [4.78, 5) is 66.9. The van der Waals surface area contributed by atoms with Gasteiger partial charge in [-0.05, 0) is 102 Å². The average molecular weight is 874 g/mol. The molecule has 2 aliphatic rings. The summed E-state index contributed by atoms with van der Waals surface area (Å²) in [5.74, 6) is -3.13. The maximum Gasteiger partial charge on any atom is 0.407 e. The molecule has 2 aliphatic heterocycles. The minimum absolute atomic E-state index is 0.00183. The molecule has 17 heteroatoms. The van der Waals surface area contributed by atoms with Crippen molar-refractivity contribution < 1.29 is 42.2 Å². The number of nitrogens with two attached hydrogens (primary N) is 2. The lowest BCUT2D eigenvalue weighted by Gasteiger charge is -2.45. The van der Waals surface area contributed by atoms with Crippen molar-refractivity contribution in [2.24, 2.45) is 11.5 Å². The van der Waals surface area contributed by atoms with E-state index in [-0.39, 0.29) is 67.1 Å². The first kappa shape index (κ1) is 47.4. The predicted octanol–water partition coefficient (Wildman–Crippen LogP) is 3.51. The average Bonchev–Trinajstić information content (AvgIpc) is 3.56. The molecular formula is C45H59N7O9S. The van der Waals surface area contributed by atoms with E-state index < -0.39 is 74.6 Å². The number of aliphatic hydroxyl groups excluding tert-OH is 1. The number of unbranched alkanes of at least 4 members (excludes halogenated alkanes) is 1. The molecule has 16 nitrogen and oxygen atoms in total. The predicted molar refractivity (Wildman–Crippen MR) is 232 cm³/mol. The molecule has 1 saturated heterocycles. The van der Waals surface area contributed by atoms with E-state index in [2.05, 4.69) is 16.0 Å². The third kappa shape index (κ3) is 11.4. The van der Waals surface area contributed by atoms with E-state index in [0.717, 1.165) is 16.1 Å². The van der Waals surface area contributed by atoms with Crippen molar-refractivity contribution in [3.8, 4) is 0 Å². The molecule has 8 N–H and O–H groups in total. The zero-order chi connectivity index (χ0) is 45.4. The van der Waals surface area contributed by atoms with Crippen LogP contribution in [0.1, 0.15) is 93.3 Å². The number of nitrogens with zero attached hydrogens (tertiary/aromatic N) is 2. The highest BCUT2D eigenvalue weighted by atomic mass is 32.2. The highest BCUT2D eigenvalue weighted by molar-refractivity contribution is 7.95. The summed E-state index contributed by atoms with van der Waals surface area (Å²) in [7, 11) is -4.44. The molecule has 0 saturated carbocycles. The lowest BCUT2D eigenvalue weighted by Crippen LogP contribution is -2.66. The van der Waals surface area contributed by atoms with Crippen LogP contribution < -0.4 is 27.4 Å². The number of aryl methyl sites for hydroxylation is 1. The Hall–Kier alpha value is -5.62. The zero-order valence-corrected chi connectivity index (χ0v) is 36.8. The molecule has 334 valence electrons. The van der Waals surface area contributed by atoms with Crippen LogP contribution in [0.5, 0.6) is 0 Å². The van der Waals surface area contributed by atoms with E-state index in [1.807, 2.05) is 44.2 Å². The van der Waals surface area contributed by atoms with Gasteiger partial charge in [-0.15, -0.1) is 0 Å². The van der Waals surface area contributed by atoms with Crippen LogP contribution in [0.3, 0.4) is 0 Å². The summed E-state index contributed by atoms with van der Waals surface area (Å²) in [5, 5.41) is 22.4. The number of amides is 5. The SMILES string of the molecule is CCCC1C(S(=O)(=O)c2ccc(C)cc2)=C(C(=O)N[C@@H](CCCCNC(=O)OC(C)(C)C)C(O)C(=O)NCc2ccc(C(N)=O)cc2)N2C(=O)C(N)(Cc3ccccc3)CCN12. The number of hydrazine groups is 1. The van der Waals surface area contributed by atoms with Gasteiger partial charge >= 0.3 is 6.09 Å². The van der Waals surface area contributed by atoms with E-state index >= 15 is 0 Å². The van der Waals surface area contributed by atoms with E-state index in [1.165, 1.54) is 24.3 Å². The highest BCUT2D eigenvalue weighted by Crippen LogP contribution is 2.42. The molecule has 5 amide bonds. The number of ether oxygens (including phenoxy) is 1. The first-order valence-corrected chi connectivity index (χ1v) is 22.4. The zero-order valence-electron chi connectivity index (χ0n) is 36.0. The van der Waals surface area contributed by atoms with Gasteiger partial charge in [-0.3, -0.25) is 19.2 Å². The van der Waals surface area contributed by atoms with Crippen LogP contribution in [0, 0.1) is 6.92 Å². The molecule has 0 radical (unpaired) electrons. The topological polar surface area (TPSA) is 244 Å². The van der Waals surface area contributed by atoms with Crippen molar-refractivity contribution in [1.82, 2.24) is 26.0 Å². The monoisotopic (exact) mass is 873 g/mol. The van der Waals surface area contributed by atoms with Gasteiger partial charge in [0.15, 0.2) is 6.10 Å². The Kier molecular flexibility index (Phi) is 15.3. The number of fused-ring (bicyclic) bond motifs is 1. The maximum atomic E-state index is 15.0. The van der Waals surface area contributed by atoms with Gasteiger partial charge < -0.3 is 37.3 Å². The van der Waals surface area contributed by atoms with Gasteiger partial charge in [0.2, 0.25) is 15.7 Å². The van der Waals surface area contributed by atoms with Crippen LogP contribution in [-0.2, 0) is 41.9 Å². The lowest BCUT2D eigenvalue weighted by atomic mass is 9.85. The summed E-state index contributed by atoms with van der Waals surface area (Å²) in [6.07, 6.45) is -0.763. The third-order valence-corrected chi connectivity index (χ3v) is 12.7. The van der Waals surface area contributed by atoms with Gasteiger partial charge in [-0.25, -0.2) is 23.2 Å². The highest BCUT2D eigenvalue weighted by Gasteiger charge is 2.56. The number of sulfone groups is 1. The number of hydrogen-bond donors (Lipinski definition) is 6. The summed E-state index contributed by atoms with van der Waals surface area (Å²) in [6.45, 7) is 9.18. The number of hydrogen-bond acceptors (Lipinski definition) is 11. The van der Waals surface area contributed by atoms with Crippen molar-refractivity contribution in [3.05, 3.63) is 112 Å². The fourth-order valence-electron chi connectivity index (χ4n) is 7.61. The Balaban J connectivity index is 1.51. The number of alkyl carbamates (subject to hydrolysis) is 1. The van der Waals surface area contributed by atoms with E-state index in [0.29, 0.717) is 18.4 Å². The van der Waals surface area contributed by atoms with Gasteiger partial charge in [0, 0.05) is 25.2 Å². The van der Waals surface area contributed by atoms with E-state index in [4.69, 9.17) is 16.2 Å². The van der Waals surface area contributed by atoms with Crippen LogP contribution in [-0.4, -0.2) is 95.7 Å². The minimum Gasteiger partial charge on any atom is -0.444 e. The number of rotatable bonds is 18. The molecule has 0 aromatic heterocycles. The summed E-state index contributed by atoms with van der Waals surface area (Å²) < 4.78 is 35.0. The molecule has 3 unspecified atom stereocenters. The summed E-state index contributed by atoms with van der Waals surface area (Å²) in [5.41, 5.74) is 12.1. The molecule has 2 heterocycles. The van der Waals surface area contributed by atoms with Crippen LogP contribution >= 0.6 is 0 Å². The van der Waals surface area contributed by atoms with E-state index in [9.17, 15) is 37.5 Å². The normalized spacial score (nSPS) is 19.0. The lowest BCUT2D eigenvalue weighted by molar-refractivity contribution is -0.160. The van der Waals surface area contributed by atoms with Gasteiger partial charge in [-0.1, -0.05) is 73.5 Å². The quantitative estimate of drug-likeness (QED) is 0.101. The Labute approximate surface area is 363 Å². The first-order valence-electron chi connectivity index (χ1n) is 20.9. The Morgan fingerprint density at radius 2 is 1.61 bits per heavy atom. The van der Waals surface area contributed by atoms with Crippen LogP contribution in [0.2, 0.25) is 0 Å². The van der Waals surface area contributed by atoms with Crippen molar-refractivity contribution in [1.29, 1.82) is 0 Å². The molecule has 3 aromatic carbocycles. The number of carbonyl (C=O) groups excluding carboxylic acids is 5. The summed E-state index contributed by atoms with van der Waals surface area (Å²) in [6, 6.07) is 19.3. The molecule has 3 aromatic rings. The van der Waals surface area contributed by atoms with Gasteiger partial charge in [0.1, 0.15) is 16.8 Å². The standard InChI is InChI=1S/C45H59N7O9S/c1-6-12-35-38(62(59,60)33-22-16-29(2)17-23-33)36(52-42(57)45(47,24-26-51(35)52)27-30-13-8-7-9-14-30)40(55)50-34(15-10-11-25-48-43(58)61-44(3,4)5)37(53)41(56)49-28-31-18-20-32(21-19-31)39(46)54/h7-9,13-14,16-23,34-35,37,53H,6,10-12,15,24-28,47H2,1-5H3,(H2,46,54)(H,48,58)(H,49,56)(H,50,55)/t34-,35?,37?,45?/m0/s1. The molecule has 0 aliphatic carbocycles. The van der Waals surface area contributed by atoms with Gasteiger partial charge in [-0.2, -0.15) is 0 Å². The van der Waals surface area contributed by atoms with Crippen LogP contribution in [0.15, 0.2) is 94.4 Å². The molecule has 0 spiro atoms. The number of carbonyl (C=O) groups is 5. The molecule has 4 atom stereocenters. The minimum atomic E-state index is -4.44. The Bertz CT molecular complexity index is 2240. The molecule has 62 heavy (non-hydrogen) atoms. The number of primary amides is 1. The van der Waals surface area contributed by atoms with Crippen molar-refractivity contribution >= 4 is 39.6 Å². The first-order chi connectivity index (χ1) is 29.3. The molecule has 1 fully saturated rings. The number of benzene rings is 3. The van der Waals surface area contributed by atoms with Crippen molar-refractivity contribution in [3.63, 3.8) is 0 Å².